The van der Waals surface area contributed by atoms with Crippen molar-refractivity contribution < 1.29 is 18.8 Å². The Balaban J connectivity index is 1.37. The second-order valence-electron chi connectivity index (χ2n) is 7.77. The fourth-order valence-corrected chi connectivity index (χ4v) is 4.21. The normalized spacial score (nSPS) is 16.4. The zero-order chi connectivity index (χ0) is 23.4. The van der Waals surface area contributed by atoms with Crippen LogP contribution in [0, 0.1) is 5.92 Å². The number of carbonyl (C=O) groups excluding carboxylic acids is 2. The number of methoxy groups -OCH3 is 1. The van der Waals surface area contributed by atoms with Crippen molar-refractivity contribution in [2.75, 3.05) is 25.5 Å². The van der Waals surface area contributed by atoms with Crippen LogP contribution in [0.4, 0.5) is 5.69 Å². The summed E-state index contributed by atoms with van der Waals surface area (Å²) in [4.78, 5) is 31.4. The van der Waals surface area contributed by atoms with Gasteiger partial charge in [0, 0.05) is 22.3 Å². The fraction of sp³-hybridized carbons (Fsp3) is 0.304. The molecule has 172 valence electrons. The number of nitrogens with zero attached hydrogens (tertiary/aromatic N) is 3. The van der Waals surface area contributed by atoms with Gasteiger partial charge in [0.15, 0.2) is 0 Å². The minimum absolute atomic E-state index is 0.112. The van der Waals surface area contributed by atoms with Gasteiger partial charge in [0.2, 0.25) is 17.6 Å². The summed E-state index contributed by atoms with van der Waals surface area (Å²) in [5.74, 6) is 0.174. The molecule has 33 heavy (non-hydrogen) atoms. The number of ether oxygens (including phenoxy) is 1. The molecule has 1 amide bonds. The van der Waals surface area contributed by atoms with E-state index in [9.17, 15) is 9.59 Å². The molecule has 3 aromatic rings. The van der Waals surface area contributed by atoms with Gasteiger partial charge in [-0.3, -0.25) is 9.69 Å². The Morgan fingerprint density at radius 1 is 1.27 bits per heavy atom. The highest BCUT2D eigenvalue weighted by Gasteiger charge is 2.27. The number of benzene rings is 2. The molecule has 0 spiro atoms. The number of amides is 1. The Morgan fingerprint density at radius 3 is 2.82 bits per heavy atom. The van der Waals surface area contributed by atoms with Crippen LogP contribution in [0.15, 0.2) is 51.5 Å². The van der Waals surface area contributed by atoms with Crippen molar-refractivity contribution in [1.82, 2.24) is 15.0 Å². The van der Waals surface area contributed by atoms with E-state index in [1.54, 1.807) is 12.1 Å². The van der Waals surface area contributed by atoms with Gasteiger partial charge in [-0.25, -0.2) is 4.79 Å². The van der Waals surface area contributed by atoms with Gasteiger partial charge in [0.1, 0.15) is 0 Å². The smallest absolute Gasteiger partial charge is 0.339 e. The van der Waals surface area contributed by atoms with E-state index in [2.05, 4.69) is 36.3 Å². The molecule has 1 aromatic heterocycles. The molecule has 1 unspecified atom stereocenters. The van der Waals surface area contributed by atoms with Gasteiger partial charge < -0.3 is 14.6 Å². The van der Waals surface area contributed by atoms with Gasteiger partial charge in [0.25, 0.3) is 0 Å². The molecule has 1 N–H and O–H groups in total. The number of anilines is 1. The van der Waals surface area contributed by atoms with Crippen molar-refractivity contribution in [1.29, 1.82) is 0 Å². The molecule has 0 bridgehead atoms. The van der Waals surface area contributed by atoms with Crippen LogP contribution in [-0.4, -0.2) is 47.1 Å². The van der Waals surface area contributed by atoms with E-state index in [0.717, 1.165) is 29.4 Å². The number of nitrogens with one attached hydrogen (secondary N) is 1. The maximum Gasteiger partial charge on any atom is 0.339 e. The molecule has 10 heteroatoms. The van der Waals surface area contributed by atoms with E-state index >= 15 is 0 Å². The number of rotatable bonds is 6. The van der Waals surface area contributed by atoms with Crippen LogP contribution >= 0.6 is 27.5 Å². The molecule has 1 aliphatic heterocycles. The third-order valence-electron chi connectivity index (χ3n) is 5.44. The Morgan fingerprint density at radius 2 is 2.06 bits per heavy atom. The highest BCUT2D eigenvalue weighted by Crippen LogP contribution is 2.25. The first kappa shape index (κ1) is 23.4. The van der Waals surface area contributed by atoms with Crippen molar-refractivity contribution in [2.24, 2.45) is 5.92 Å². The van der Waals surface area contributed by atoms with Crippen LogP contribution in [0.25, 0.3) is 11.4 Å². The number of halogens is 2. The van der Waals surface area contributed by atoms with E-state index in [0.29, 0.717) is 30.5 Å². The van der Waals surface area contributed by atoms with E-state index < -0.39 is 5.97 Å². The monoisotopic (exact) mass is 532 g/mol. The number of esters is 1. The topological polar surface area (TPSA) is 97.6 Å². The molecule has 0 aliphatic carbocycles. The summed E-state index contributed by atoms with van der Waals surface area (Å²) in [5.41, 5.74) is 1.58. The zero-order valence-electron chi connectivity index (χ0n) is 17.9. The second kappa shape index (κ2) is 10.5. The third-order valence-corrected chi connectivity index (χ3v) is 6.30. The highest BCUT2D eigenvalue weighted by molar-refractivity contribution is 9.10. The Hall–Kier alpha value is -2.75. The van der Waals surface area contributed by atoms with Gasteiger partial charge in [-0.1, -0.05) is 32.7 Å². The molecule has 4 rings (SSSR count). The average Bonchev–Trinajstić information content (AvgIpc) is 3.28. The number of carbonyl (C=O) groups is 2. The predicted molar refractivity (Wildman–Crippen MR) is 127 cm³/mol. The molecule has 8 nitrogen and oxygen atoms in total. The lowest BCUT2D eigenvalue weighted by Crippen LogP contribution is -2.40. The first-order valence-electron chi connectivity index (χ1n) is 10.4. The lowest BCUT2D eigenvalue weighted by molar-refractivity contribution is -0.121. The van der Waals surface area contributed by atoms with Crippen LogP contribution in [0.5, 0.6) is 0 Å². The molecule has 2 heterocycles. The van der Waals surface area contributed by atoms with Gasteiger partial charge in [-0.05, 0) is 61.9 Å². The van der Waals surface area contributed by atoms with Crippen LogP contribution < -0.4 is 5.32 Å². The van der Waals surface area contributed by atoms with Gasteiger partial charge in [-0.2, -0.15) is 4.98 Å². The summed E-state index contributed by atoms with van der Waals surface area (Å²) < 4.78 is 11.1. The van der Waals surface area contributed by atoms with Crippen molar-refractivity contribution in [3.05, 3.63) is 63.4 Å². The third kappa shape index (κ3) is 5.79. The van der Waals surface area contributed by atoms with Gasteiger partial charge in [0.05, 0.1) is 30.2 Å². The number of hydrogen-bond donors (Lipinski definition) is 1. The number of piperidine rings is 1. The van der Waals surface area contributed by atoms with Crippen LogP contribution in [-0.2, 0) is 16.1 Å². The zero-order valence-corrected chi connectivity index (χ0v) is 20.2. The molecule has 1 fully saturated rings. The van der Waals surface area contributed by atoms with E-state index in [1.807, 2.05) is 24.3 Å². The maximum absolute atomic E-state index is 12.9. The largest absolute Gasteiger partial charge is 0.465 e. The van der Waals surface area contributed by atoms with Gasteiger partial charge >= 0.3 is 5.97 Å². The number of hydrogen-bond acceptors (Lipinski definition) is 7. The SMILES string of the molecule is COC(=O)c1cc(NC(=O)C2CCCN(Cc3nc(-c4ccc(Br)cc4)no3)C2)ccc1Cl. The van der Waals surface area contributed by atoms with Gasteiger partial charge in [-0.15, -0.1) is 0 Å². The van der Waals surface area contributed by atoms with E-state index in [-0.39, 0.29) is 22.4 Å². The average molecular weight is 534 g/mol. The summed E-state index contributed by atoms with van der Waals surface area (Å²) in [7, 11) is 1.28. The van der Waals surface area contributed by atoms with Crippen LogP contribution in [0.2, 0.25) is 5.02 Å². The second-order valence-corrected chi connectivity index (χ2v) is 9.09. The lowest BCUT2D eigenvalue weighted by Gasteiger charge is -2.30. The van der Waals surface area contributed by atoms with Crippen molar-refractivity contribution in [2.45, 2.75) is 19.4 Å². The Labute approximate surface area is 204 Å². The Kier molecular flexibility index (Phi) is 7.42. The minimum Gasteiger partial charge on any atom is -0.465 e. The van der Waals surface area contributed by atoms with Crippen LogP contribution in [0.3, 0.4) is 0 Å². The van der Waals surface area contributed by atoms with Crippen LogP contribution in [0.1, 0.15) is 29.1 Å². The molecule has 1 saturated heterocycles. The van der Waals surface area contributed by atoms with Crippen molar-refractivity contribution >= 4 is 45.1 Å². The van der Waals surface area contributed by atoms with E-state index in [4.69, 9.17) is 20.9 Å². The maximum atomic E-state index is 12.9. The summed E-state index contributed by atoms with van der Waals surface area (Å²) in [6.45, 7) is 1.88. The summed E-state index contributed by atoms with van der Waals surface area (Å²) in [5, 5.41) is 7.23. The predicted octanol–water partition coefficient (Wildman–Crippen LogP) is 4.79. The molecule has 2 aromatic carbocycles. The van der Waals surface area contributed by atoms with Crippen molar-refractivity contribution in [3.8, 4) is 11.4 Å². The lowest BCUT2D eigenvalue weighted by atomic mass is 9.97. The van der Waals surface area contributed by atoms with Crippen molar-refractivity contribution in [3.63, 3.8) is 0 Å². The number of aromatic nitrogens is 2. The highest BCUT2D eigenvalue weighted by atomic mass is 79.9. The standard InChI is InChI=1S/C23H22BrClN4O4/c1-32-23(31)18-11-17(8-9-19(18)25)26-22(30)15-3-2-10-29(12-15)13-20-27-21(28-33-20)14-4-6-16(24)7-5-14/h4-9,11,15H,2-3,10,12-13H2,1H3,(H,26,30). The molecule has 1 aliphatic rings. The van der Waals surface area contributed by atoms with E-state index in [1.165, 1.54) is 13.2 Å². The summed E-state index contributed by atoms with van der Waals surface area (Å²) >= 11 is 9.47. The molecular formula is C23H22BrClN4O4. The molecular weight excluding hydrogens is 512 g/mol. The molecule has 0 saturated carbocycles. The Bertz CT molecular complexity index is 1150. The summed E-state index contributed by atoms with van der Waals surface area (Å²) in [6, 6.07) is 12.4. The molecule has 1 atom stereocenters. The first-order valence-corrected chi connectivity index (χ1v) is 11.6. The molecule has 0 radical (unpaired) electrons. The first-order chi connectivity index (χ1) is 15.9. The number of likely N-dealkylation sites (tertiary alicyclic amines) is 1. The summed E-state index contributed by atoms with van der Waals surface area (Å²) in [6.07, 6.45) is 1.65. The fourth-order valence-electron chi connectivity index (χ4n) is 3.75. The minimum atomic E-state index is -0.554. The quantitative estimate of drug-likeness (QED) is 0.455.